The lowest BCUT2D eigenvalue weighted by Crippen LogP contribution is -2.49. The lowest BCUT2D eigenvalue weighted by Gasteiger charge is -2.21. The van der Waals surface area contributed by atoms with Gasteiger partial charge in [0.25, 0.3) is 11.8 Å². The molecule has 1 aromatic rings. The van der Waals surface area contributed by atoms with Crippen molar-refractivity contribution < 1.29 is 41.5 Å². The van der Waals surface area contributed by atoms with Crippen molar-refractivity contribution in [2.45, 2.75) is 56.8 Å². The molecule has 3 rings (SSSR count). The molecule has 0 bridgehead atoms. The van der Waals surface area contributed by atoms with E-state index in [2.05, 4.69) is 16.0 Å². The average Bonchev–Trinajstić information content (AvgIpc) is 3.52. The minimum atomic E-state index is -4.61. The van der Waals surface area contributed by atoms with Crippen LogP contribution >= 0.6 is 11.6 Å². The second kappa shape index (κ2) is 11.2. The third kappa shape index (κ3) is 7.64. The van der Waals surface area contributed by atoms with E-state index >= 15 is 0 Å². The fourth-order valence-electron chi connectivity index (χ4n) is 3.57. The summed E-state index contributed by atoms with van der Waals surface area (Å²) in [5, 5.41) is 8.94. The van der Waals surface area contributed by atoms with Gasteiger partial charge in [-0.25, -0.2) is 4.39 Å². The second-order valence-corrected chi connectivity index (χ2v) is 9.03. The molecular formula is C22H23ClF4N4O5. The van der Waals surface area contributed by atoms with E-state index in [4.69, 9.17) is 11.6 Å². The summed E-state index contributed by atoms with van der Waals surface area (Å²) in [4.78, 5) is 62.2. The highest BCUT2D eigenvalue weighted by Crippen LogP contribution is 2.27. The molecule has 1 aromatic carbocycles. The zero-order chi connectivity index (χ0) is 26.6. The quantitative estimate of drug-likeness (QED) is 0.270. The first-order valence-corrected chi connectivity index (χ1v) is 11.5. The van der Waals surface area contributed by atoms with E-state index in [1.807, 2.05) is 5.32 Å². The third-order valence-corrected chi connectivity index (χ3v) is 5.95. The molecule has 0 spiro atoms. The van der Waals surface area contributed by atoms with Gasteiger partial charge in [0, 0.05) is 24.9 Å². The maximum absolute atomic E-state index is 14.0. The topological polar surface area (TPSA) is 133 Å². The summed E-state index contributed by atoms with van der Waals surface area (Å²) < 4.78 is 51.3. The maximum atomic E-state index is 14.0. The molecule has 1 aliphatic carbocycles. The number of nitrogens with one attached hydrogen (secondary N) is 4. The molecule has 2 fully saturated rings. The Balaban J connectivity index is 1.81. The van der Waals surface area contributed by atoms with Gasteiger partial charge in [0.15, 0.2) is 0 Å². The van der Waals surface area contributed by atoms with E-state index in [0.29, 0.717) is 31.9 Å². The first-order chi connectivity index (χ1) is 16.8. The fraction of sp³-hybridized carbons (Fsp3) is 0.500. The molecule has 0 aromatic heterocycles. The molecule has 1 saturated carbocycles. The standard InChI is InChI=1S/C22H23ClF4N4O5/c23-13-8-12(15(9-14(13)24)30-17(32)3-5-22(25,26)27)20(35)31-16(7-10-4-6-28-19(10)34)18(33)21(36)29-11-1-2-11/h8-11,16H,1-7H2,(H,28,34)(H,29,36)(H,30,32)(H,31,35)/t10-,16?/m0/s1. The van der Waals surface area contributed by atoms with Gasteiger partial charge in [-0.3, -0.25) is 24.0 Å². The molecular weight excluding hydrogens is 512 g/mol. The van der Waals surface area contributed by atoms with Gasteiger partial charge in [0.2, 0.25) is 17.6 Å². The summed E-state index contributed by atoms with van der Waals surface area (Å²) in [5.41, 5.74) is -0.924. The maximum Gasteiger partial charge on any atom is 0.389 e. The summed E-state index contributed by atoms with van der Waals surface area (Å²) in [6.45, 7) is 0.355. The van der Waals surface area contributed by atoms with Crippen LogP contribution in [-0.2, 0) is 19.2 Å². The number of benzene rings is 1. The van der Waals surface area contributed by atoms with Crippen LogP contribution in [-0.4, -0.2) is 54.2 Å². The summed E-state index contributed by atoms with van der Waals surface area (Å²) in [5.74, 6) is -6.21. The number of rotatable bonds is 10. The van der Waals surface area contributed by atoms with Crippen LogP contribution < -0.4 is 21.3 Å². The lowest BCUT2D eigenvalue weighted by molar-refractivity contribution is -0.142. The molecule has 0 radical (unpaired) electrons. The van der Waals surface area contributed by atoms with Crippen LogP contribution in [0.15, 0.2) is 12.1 Å². The highest BCUT2D eigenvalue weighted by molar-refractivity contribution is 6.38. The minimum absolute atomic E-state index is 0.151. The van der Waals surface area contributed by atoms with Crippen molar-refractivity contribution in [1.29, 1.82) is 0 Å². The average molecular weight is 535 g/mol. The van der Waals surface area contributed by atoms with Gasteiger partial charge in [-0.15, -0.1) is 0 Å². The van der Waals surface area contributed by atoms with E-state index in [1.54, 1.807) is 0 Å². The van der Waals surface area contributed by atoms with Crippen LogP contribution in [0.5, 0.6) is 0 Å². The molecule has 196 valence electrons. The van der Waals surface area contributed by atoms with Gasteiger partial charge in [0.1, 0.15) is 5.82 Å². The monoisotopic (exact) mass is 534 g/mol. The van der Waals surface area contributed by atoms with Crippen LogP contribution in [0.1, 0.15) is 48.9 Å². The van der Waals surface area contributed by atoms with E-state index in [1.165, 1.54) is 0 Å². The number of anilines is 1. The fourth-order valence-corrected chi connectivity index (χ4v) is 3.73. The van der Waals surface area contributed by atoms with Crippen LogP contribution in [0.3, 0.4) is 0 Å². The van der Waals surface area contributed by atoms with Crippen LogP contribution in [0, 0.1) is 11.7 Å². The van der Waals surface area contributed by atoms with Crippen molar-refractivity contribution in [2.75, 3.05) is 11.9 Å². The van der Waals surface area contributed by atoms with E-state index in [-0.39, 0.29) is 18.4 Å². The van der Waals surface area contributed by atoms with E-state index < -0.39 is 76.6 Å². The minimum Gasteiger partial charge on any atom is -0.356 e. The Kier molecular flexibility index (Phi) is 8.54. The van der Waals surface area contributed by atoms with Crippen LogP contribution in [0.4, 0.5) is 23.2 Å². The molecule has 1 aliphatic heterocycles. The van der Waals surface area contributed by atoms with Crippen LogP contribution in [0.2, 0.25) is 5.02 Å². The molecule has 1 heterocycles. The predicted octanol–water partition coefficient (Wildman–Crippen LogP) is 2.23. The first-order valence-electron chi connectivity index (χ1n) is 11.1. The number of ketones is 1. The second-order valence-electron chi connectivity index (χ2n) is 8.63. The zero-order valence-corrected chi connectivity index (χ0v) is 19.5. The van der Waals surface area contributed by atoms with Gasteiger partial charge in [0.05, 0.1) is 28.7 Å². The predicted molar refractivity (Wildman–Crippen MR) is 118 cm³/mol. The molecule has 4 amide bonds. The summed E-state index contributed by atoms with van der Waals surface area (Å²) in [7, 11) is 0. The summed E-state index contributed by atoms with van der Waals surface area (Å²) >= 11 is 5.76. The number of hydrogen-bond acceptors (Lipinski definition) is 5. The number of carbonyl (C=O) groups is 5. The Labute approximate surface area is 207 Å². The largest absolute Gasteiger partial charge is 0.389 e. The normalized spacial score (nSPS) is 18.2. The van der Waals surface area contributed by atoms with Gasteiger partial charge in [-0.05, 0) is 37.8 Å². The first kappa shape index (κ1) is 27.4. The zero-order valence-electron chi connectivity index (χ0n) is 18.8. The van der Waals surface area contributed by atoms with Crippen molar-refractivity contribution in [3.8, 4) is 0 Å². The Bertz CT molecular complexity index is 1080. The molecule has 2 aliphatic rings. The Hall–Kier alpha value is -3.22. The Morgan fingerprint density at radius 3 is 2.42 bits per heavy atom. The number of amides is 4. The highest BCUT2D eigenvalue weighted by atomic mass is 35.5. The van der Waals surface area contributed by atoms with Gasteiger partial charge in [-0.1, -0.05) is 11.6 Å². The van der Waals surface area contributed by atoms with Crippen molar-refractivity contribution in [3.05, 3.63) is 28.5 Å². The van der Waals surface area contributed by atoms with Crippen molar-refractivity contribution in [3.63, 3.8) is 0 Å². The highest BCUT2D eigenvalue weighted by Gasteiger charge is 2.36. The molecule has 9 nitrogen and oxygen atoms in total. The summed E-state index contributed by atoms with van der Waals surface area (Å²) in [6.07, 6.45) is -5.45. The third-order valence-electron chi connectivity index (χ3n) is 5.66. The number of hydrogen-bond donors (Lipinski definition) is 4. The summed E-state index contributed by atoms with van der Waals surface area (Å²) in [6, 6.07) is -0.103. The van der Waals surface area contributed by atoms with Crippen molar-refractivity contribution in [2.24, 2.45) is 5.92 Å². The molecule has 14 heteroatoms. The van der Waals surface area contributed by atoms with E-state index in [0.717, 1.165) is 6.07 Å². The van der Waals surface area contributed by atoms with E-state index in [9.17, 15) is 41.5 Å². The Morgan fingerprint density at radius 2 is 1.83 bits per heavy atom. The van der Waals surface area contributed by atoms with Gasteiger partial charge < -0.3 is 21.3 Å². The Morgan fingerprint density at radius 1 is 1.14 bits per heavy atom. The van der Waals surface area contributed by atoms with Crippen molar-refractivity contribution >= 4 is 46.7 Å². The smallest absolute Gasteiger partial charge is 0.356 e. The molecule has 4 N–H and O–H groups in total. The lowest BCUT2D eigenvalue weighted by atomic mass is 9.95. The van der Waals surface area contributed by atoms with Gasteiger partial charge >= 0.3 is 6.18 Å². The number of Topliss-reactive ketones (excluding diaryl/α,β-unsaturated/α-hetero) is 1. The van der Waals surface area contributed by atoms with Gasteiger partial charge in [-0.2, -0.15) is 13.2 Å². The molecule has 2 atom stereocenters. The number of carbonyl (C=O) groups excluding carboxylic acids is 5. The van der Waals surface area contributed by atoms with Crippen molar-refractivity contribution in [1.82, 2.24) is 16.0 Å². The SMILES string of the molecule is O=C(CCC(F)(F)F)Nc1cc(F)c(Cl)cc1C(=O)NC(C[C@@H]1CCNC1=O)C(=O)C(=O)NC1CC1. The van der Waals surface area contributed by atoms with Crippen LogP contribution in [0.25, 0.3) is 0 Å². The number of alkyl halides is 3. The molecule has 36 heavy (non-hydrogen) atoms. The number of halogens is 5. The molecule has 1 unspecified atom stereocenters. The molecule has 1 saturated heterocycles.